The maximum atomic E-state index is 11.2. The third-order valence-electron chi connectivity index (χ3n) is 5.12. The van der Waals surface area contributed by atoms with Crippen LogP contribution in [0.2, 0.25) is 0 Å². The van der Waals surface area contributed by atoms with Crippen LogP contribution in [0.15, 0.2) is 97.3 Å². The van der Waals surface area contributed by atoms with E-state index in [0.717, 1.165) is 33.6 Å². The Kier molecular flexibility index (Phi) is 10.8. The zero-order chi connectivity index (χ0) is 24.2. The predicted molar refractivity (Wildman–Crippen MR) is 139 cm³/mol. The molecule has 2 amide bonds. The molecule has 0 atom stereocenters. The van der Waals surface area contributed by atoms with Gasteiger partial charge in [-0.25, -0.2) is 0 Å². The van der Waals surface area contributed by atoms with E-state index in [0.29, 0.717) is 12.8 Å². The van der Waals surface area contributed by atoms with Gasteiger partial charge in [0.25, 0.3) is 0 Å². The minimum atomic E-state index is 0. The molecule has 180 valence electrons. The smallest absolute Gasteiger partial charge is 0.224 e. The van der Waals surface area contributed by atoms with Gasteiger partial charge in [0.2, 0.25) is 11.8 Å². The molecule has 7 nitrogen and oxygen atoms in total. The van der Waals surface area contributed by atoms with E-state index < -0.39 is 0 Å². The lowest BCUT2D eigenvalue weighted by atomic mass is 10.1. The first-order chi connectivity index (χ1) is 16.6. The Hall–Kier alpha value is -4.36. The molecule has 4 aromatic rings. The van der Waals surface area contributed by atoms with E-state index in [9.17, 15) is 9.59 Å². The summed E-state index contributed by atoms with van der Waals surface area (Å²) in [6.07, 6.45) is 4.37. The molecule has 0 aliphatic carbocycles. The topological polar surface area (TPSA) is 115 Å². The number of hydrogen-bond acceptors (Lipinski definition) is 4. The molecule has 0 aliphatic rings. The van der Waals surface area contributed by atoms with E-state index in [-0.39, 0.29) is 17.3 Å². The van der Waals surface area contributed by atoms with E-state index >= 15 is 0 Å². The van der Waals surface area contributed by atoms with Gasteiger partial charge in [-0.3, -0.25) is 19.6 Å². The van der Waals surface area contributed by atoms with E-state index in [2.05, 4.69) is 20.6 Å². The summed E-state index contributed by atoms with van der Waals surface area (Å²) in [7, 11) is 3.29. The Bertz CT molecular complexity index is 1080. The van der Waals surface area contributed by atoms with Crippen LogP contribution < -0.4 is 10.6 Å². The monoisotopic (exact) mass is 470 g/mol. The van der Waals surface area contributed by atoms with Gasteiger partial charge in [0.15, 0.2) is 0 Å². The summed E-state index contributed by atoms with van der Waals surface area (Å²) in [4.78, 5) is 31.0. The first kappa shape index (κ1) is 26.9. The highest BCUT2D eigenvalue weighted by Crippen LogP contribution is 2.18. The Morgan fingerprint density at radius 2 is 0.971 bits per heavy atom. The number of benzene rings is 2. The largest absolute Gasteiger partial charge is 0.412 e. The molecule has 4 rings (SSSR count). The minimum Gasteiger partial charge on any atom is -0.412 e. The van der Waals surface area contributed by atoms with Gasteiger partial charge in [0.1, 0.15) is 0 Å². The van der Waals surface area contributed by atoms with E-state index in [4.69, 9.17) is 0 Å². The summed E-state index contributed by atoms with van der Waals surface area (Å²) in [5.74, 6) is 0.0474. The summed E-state index contributed by atoms with van der Waals surface area (Å²) < 4.78 is 0. The van der Waals surface area contributed by atoms with Crippen molar-refractivity contribution in [3.8, 4) is 22.5 Å². The number of nitrogens with one attached hydrogen (secondary N) is 2. The minimum absolute atomic E-state index is 0. The molecule has 2 aromatic carbocycles. The maximum Gasteiger partial charge on any atom is 0.224 e. The van der Waals surface area contributed by atoms with Crippen LogP contribution >= 0.6 is 0 Å². The summed E-state index contributed by atoms with van der Waals surface area (Å²) in [5.41, 5.74) is 6.02. The molecule has 0 radical (unpaired) electrons. The summed E-state index contributed by atoms with van der Waals surface area (Å²) in [6.45, 7) is 0. The first-order valence-electron chi connectivity index (χ1n) is 11.0. The van der Waals surface area contributed by atoms with Crippen LogP contribution in [-0.4, -0.2) is 41.4 Å². The first-order valence-corrected chi connectivity index (χ1v) is 11.0. The van der Waals surface area contributed by atoms with Gasteiger partial charge >= 0.3 is 0 Å². The van der Waals surface area contributed by atoms with Gasteiger partial charge in [-0.2, -0.15) is 0 Å². The normalized spacial score (nSPS) is 9.66. The number of carbonyl (C=O) groups is 2. The van der Waals surface area contributed by atoms with Crippen molar-refractivity contribution in [3.05, 3.63) is 108 Å². The van der Waals surface area contributed by atoms with Crippen molar-refractivity contribution in [1.82, 2.24) is 20.6 Å². The zero-order valence-electron chi connectivity index (χ0n) is 19.9. The van der Waals surface area contributed by atoms with Crippen LogP contribution in [0.4, 0.5) is 0 Å². The Labute approximate surface area is 205 Å². The molecule has 0 saturated carbocycles. The molecular weight excluding hydrogens is 440 g/mol. The zero-order valence-corrected chi connectivity index (χ0v) is 19.9. The van der Waals surface area contributed by atoms with Gasteiger partial charge in [0, 0.05) is 37.6 Å². The van der Waals surface area contributed by atoms with Crippen molar-refractivity contribution in [2.75, 3.05) is 14.1 Å². The molecule has 7 heteroatoms. The average Bonchev–Trinajstić information content (AvgIpc) is 2.91. The third kappa shape index (κ3) is 8.49. The number of hydrogen-bond donors (Lipinski definition) is 2. The van der Waals surface area contributed by atoms with Gasteiger partial charge in [-0.05, 0) is 35.4 Å². The molecule has 35 heavy (non-hydrogen) atoms. The number of aromatic nitrogens is 2. The molecule has 0 bridgehead atoms. The van der Waals surface area contributed by atoms with Crippen LogP contribution in [0.3, 0.4) is 0 Å². The Balaban J connectivity index is 0.000000240. The standard InChI is InChI=1S/2C14H14N2O.H2O/c2*1-15-14(17)10-11-5-7-12(8-6-11)13-4-2-3-9-16-13;/h2*2-9H,10H2,1H3,(H,15,17);1H2. The molecule has 2 heterocycles. The van der Waals surface area contributed by atoms with Crippen LogP contribution in [0.1, 0.15) is 11.1 Å². The number of carbonyl (C=O) groups excluding carboxylic acids is 2. The van der Waals surface area contributed by atoms with E-state index in [1.807, 2.05) is 84.9 Å². The van der Waals surface area contributed by atoms with Crippen molar-refractivity contribution in [2.24, 2.45) is 0 Å². The quantitative estimate of drug-likeness (QED) is 0.450. The molecule has 0 aliphatic heterocycles. The van der Waals surface area contributed by atoms with Crippen molar-refractivity contribution in [2.45, 2.75) is 12.8 Å². The van der Waals surface area contributed by atoms with Crippen molar-refractivity contribution in [3.63, 3.8) is 0 Å². The maximum absolute atomic E-state index is 11.2. The third-order valence-corrected chi connectivity index (χ3v) is 5.12. The van der Waals surface area contributed by atoms with Crippen molar-refractivity contribution in [1.29, 1.82) is 0 Å². The highest BCUT2D eigenvalue weighted by Gasteiger charge is 2.03. The van der Waals surface area contributed by atoms with Crippen molar-refractivity contribution >= 4 is 11.8 Å². The fraction of sp³-hybridized carbons (Fsp3) is 0.143. The SMILES string of the molecule is CNC(=O)Cc1ccc(-c2ccccn2)cc1.CNC(=O)Cc1ccc(-c2ccccn2)cc1.O. The molecular formula is C28H30N4O3. The van der Waals surface area contributed by atoms with E-state index in [1.165, 1.54) is 0 Å². The number of nitrogens with zero attached hydrogens (tertiary/aromatic N) is 2. The van der Waals surface area contributed by atoms with Crippen LogP contribution in [0.5, 0.6) is 0 Å². The fourth-order valence-electron chi connectivity index (χ4n) is 3.20. The Morgan fingerprint density at radius 3 is 1.26 bits per heavy atom. The second-order valence-corrected chi connectivity index (χ2v) is 7.52. The van der Waals surface area contributed by atoms with E-state index in [1.54, 1.807) is 26.5 Å². The number of amides is 2. The predicted octanol–water partition coefficient (Wildman–Crippen LogP) is 3.25. The van der Waals surface area contributed by atoms with Gasteiger partial charge < -0.3 is 16.1 Å². The average molecular weight is 471 g/mol. The van der Waals surface area contributed by atoms with Gasteiger partial charge in [-0.1, -0.05) is 60.7 Å². The van der Waals surface area contributed by atoms with Crippen LogP contribution in [-0.2, 0) is 22.4 Å². The number of likely N-dealkylation sites (N-methyl/N-ethyl adjacent to an activating group) is 2. The molecule has 0 unspecified atom stereocenters. The molecule has 0 fully saturated rings. The number of pyridine rings is 2. The highest BCUT2D eigenvalue weighted by molar-refractivity contribution is 5.79. The second-order valence-electron chi connectivity index (χ2n) is 7.52. The van der Waals surface area contributed by atoms with Crippen LogP contribution in [0.25, 0.3) is 22.5 Å². The number of rotatable bonds is 6. The molecule has 0 spiro atoms. The lowest BCUT2D eigenvalue weighted by Gasteiger charge is -2.03. The highest BCUT2D eigenvalue weighted by atomic mass is 16.2. The van der Waals surface area contributed by atoms with Crippen LogP contribution in [0, 0.1) is 0 Å². The fourth-order valence-corrected chi connectivity index (χ4v) is 3.20. The lowest BCUT2D eigenvalue weighted by Crippen LogP contribution is -2.19. The molecule has 0 saturated heterocycles. The summed E-state index contributed by atoms with van der Waals surface area (Å²) in [5, 5.41) is 5.22. The van der Waals surface area contributed by atoms with Crippen molar-refractivity contribution < 1.29 is 15.1 Å². The second kappa shape index (κ2) is 14.0. The molecule has 2 aromatic heterocycles. The lowest BCUT2D eigenvalue weighted by molar-refractivity contribution is -0.120. The summed E-state index contributed by atoms with van der Waals surface area (Å²) >= 11 is 0. The molecule has 4 N–H and O–H groups in total. The van der Waals surface area contributed by atoms with Gasteiger partial charge in [-0.15, -0.1) is 0 Å². The summed E-state index contributed by atoms with van der Waals surface area (Å²) in [6, 6.07) is 27.4. The van der Waals surface area contributed by atoms with Gasteiger partial charge in [0.05, 0.1) is 24.2 Å². The Morgan fingerprint density at radius 1 is 0.600 bits per heavy atom.